The van der Waals surface area contributed by atoms with Gasteiger partial charge < -0.3 is 0 Å². The van der Waals surface area contributed by atoms with E-state index in [1.807, 2.05) is 31.3 Å². The van der Waals surface area contributed by atoms with Crippen LogP contribution in [0.15, 0.2) is 53.7 Å². The molecule has 0 bridgehead atoms. The molecule has 2 aliphatic rings. The normalized spacial score (nSPS) is 19.1. The van der Waals surface area contributed by atoms with Crippen molar-refractivity contribution < 1.29 is 13.2 Å². The van der Waals surface area contributed by atoms with Gasteiger partial charge in [-0.3, -0.25) is 18.5 Å². The van der Waals surface area contributed by atoms with Gasteiger partial charge in [-0.15, -0.1) is 0 Å². The summed E-state index contributed by atoms with van der Waals surface area (Å²) in [6, 6.07) is 10.8. The third-order valence-corrected chi connectivity index (χ3v) is 8.92. The van der Waals surface area contributed by atoms with E-state index in [9.17, 15) is 18.0 Å². The monoisotopic (exact) mass is 576 g/mol. The van der Waals surface area contributed by atoms with Crippen molar-refractivity contribution in [2.75, 3.05) is 13.1 Å². The molecule has 42 heavy (non-hydrogen) atoms. The standard InChI is InChI=1S/C32H35F3N6O/c1-21-6-5-12-38(16-21)18-23-14-27(32(33,34)35)28-20-40(31(42)41(28)19-23)26-10-4-9-25(15-26)29(24-7-3-8-24)30-22(2)17-39(37-30)13-11-36/h4,9-10,14-15,17,19-21,24,29H,3,5-8,12-13,16,18H2,1-2H3/t21-,29?/m0/s1. The van der Waals surface area contributed by atoms with Gasteiger partial charge in [0.2, 0.25) is 0 Å². The summed E-state index contributed by atoms with van der Waals surface area (Å²) in [6.07, 6.45) is 5.49. The number of hydrogen-bond donors (Lipinski definition) is 0. The number of imidazole rings is 1. The molecule has 0 radical (unpaired) electrons. The first kappa shape index (κ1) is 28.3. The average molecular weight is 577 g/mol. The van der Waals surface area contributed by atoms with Gasteiger partial charge >= 0.3 is 11.9 Å². The van der Waals surface area contributed by atoms with Crippen molar-refractivity contribution in [2.45, 2.75) is 71.1 Å². The number of rotatable bonds is 7. The van der Waals surface area contributed by atoms with Crippen LogP contribution in [0.4, 0.5) is 13.2 Å². The van der Waals surface area contributed by atoms with E-state index in [0.29, 0.717) is 29.6 Å². The molecule has 0 spiro atoms. The number of benzene rings is 1. The summed E-state index contributed by atoms with van der Waals surface area (Å²) in [4.78, 5) is 15.9. The van der Waals surface area contributed by atoms with E-state index in [-0.39, 0.29) is 18.0 Å². The molecule has 2 fully saturated rings. The van der Waals surface area contributed by atoms with Crippen LogP contribution >= 0.6 is 0 Å². The van der Waals surface area contributed by atoms with E-state index < -0.39 is 17.4 Å². The van der Waals surface area contributed by atoms with Crippen LogP contribution in [0.1, 0.15) is 72.9 Å². The van der Waals surface area contributed by atoms with Gasteiger partial charge in [0, 0.05) is 37.6 Å². The Kier molecular flexibility index (Phi) is 7.48. The SMILES string of the molecule is Cc1cn(CC#N)nc1C(c1cccc(-n2cc3c(C(F)(F)F)cc(CN4CCC[C@H](C)C4)cn3c2=O)c1)C1CCC1. The zero-order valence-corrected chi connectivity index (χ0v) is 23.9. The average Bonchev–Trinajstić information content (AvgIpc) is 3.44. The van der Waals surface area contributed by atoms with Gasteiger partial charge in [0.15, 0.2) is 0 Å². The number of nitrogens with zero attached hydrogens (tertiary/aromatic N) is 6. The number of aryl methyl sites for hydroxylation is 1. The van der Waals surface area contributed by atoms with Gasteiger partial charge in [-0.25, -0.2) is 4.79 Å². The number of likely N-dealkylation sites (tertiary alicyclic amines) is 1. The molecule has 2 atom stereocenters. The lowest BCUT2D eigenvalue weighted by atomic mass is 9.71. The predicted molar refractivity (Wildman–Crippen MR) is 153 cm³/mol. The van der Waals surface area contributed by atoms with Crippen LogP contribution in [0, 0.1) is 30.1 Å². The molecule has 1 saturated carbocycles. The summed E-state index contributed by atoms with van der Waals surface area (Å²) in [5.74, 6) is 0.829. The molecule has 1 aromatic carbocycles. The number of halogens is 3. The molecule has 10 heteroatoms. The molecule has 220 valence electrons. The van der Waals surface area contributed by atoms with E-state index in [1.54, 1.807) is 16.9 Å². The molecule has 6 rings (SSSR count). The van der Waals surface area contributed by atoms with Gasteiger partial charge in [0.25, 0.3) is 0 Å². The molecule has 7 nitrogen and oxygen atoms in total. The Morgan fingerprint density at radius 2 is 1.93 bits per heavy atom. The zero-order chi connectivity index (χ0) is 29.6. The summed E-state index contributed by atoms with van der Waals surface area (Å²) in [6.45, 7) is 6.34. The van der Waals surface area contributed by atoms with Gasteiger partial charge in [-0.05, 0) is 85.9 Å². The highest BCUT2D eigenvalue weighted by Crippen LogP contribution is 2.44. The molecule has 4 heterocycles. The summed E-state index contributed by atoms with van der Waals surface area (Å²) in [5.41, 5.74) is 2.35. The Balaban J connectivity index is 1.42. The second-order valence-electron chi connectivity index (χ2n) is 12.1. The molecule has 1 unspecified atom stereocenters. The maximum Gasteiger partial charge on any atom is 0.418 e. The molecule has 1 aliphatic carbocycles. The van der Waals surface area contributed by atoms with E-state index in [1.165, 1.54) is 16.8 Å². The van der Waals surface area contributed by atoms with E-state index in [4.69, 9.17) is 10.4 Å². The molecular weight excluding hydrogens is 541 g/mol. The fourth-order valence-corrected chi connectivity index (χ4v) is 6.72. The first-order valence-corrected chi connectivity index (χ1v) is 14.7. The van der Waals surface area contributed by atoms with Crippen LogP contribution in [0.3, 0.4) is 0 Å². The Morgan fingerprint density at radius 3 is 2.62 bits per heavy atom. The van der Waals surface area contributed by atoms with E-state index in [0.717, 1.165) is 66.4 Å². The maximum atomic E-state index is 14.3. The van der Waals surface area contributed by atoms with Crippen molar-refractivity contribution in [1.29, 1.82) is 5.26 Å². The molecule has 0 N–H and O–H groups in total. The van der Waals surface area contributed by atoms with Crippen molar-refractivity contribution in [3.8, 4) is 11.8 Å². The molecule has 0 amide bonds. The highest BCUT2D eigenvalue weighted by Gasteiger charge is 2.35. The molecule has 1 saturated heterocycles. The topological polar surface area (TPSA) is 71.3 Å². The van der Waals surface area contributed by atoms with Crippen molar-refractivity contribution in [3.05, 3.63) is 87.4 Å². The van der Waals surface area contributed by atoms with Crippen LogP contribution in [0.2, 0.25) is 0 Å². The van der Waals surface area contributed by atoms with Crippen LogP contribution in [0.25, 0.3) is 11.2 Å². The van der Waals surface area contributed by atoms with Gasteiger partial charge in [-0.1, -0.05) is 25.5 Å². The molecule has 4 aromatic rings. The lowest BCUT2D eigenvalue weighted by Gasteiger charge is -2.34. The summed E-state index contributed by atoms with van der Waals surface area (Å²) >= 11 is 0. The molecule has 3 aromatic heterocycles. The first-order valence-electron chi connectivity index (χ1n) is 14.7. The van der Waals surface area contributed by atoms with Crippen LogP contribution < -0.4 is 5.69 Å². The number of pyridine rings is 1. The minimum absolute atomic E-state index is 0.0318. The Morgan fingerprint density at radius 1 is 1.12 bits per heavy atom. The Labute approximate surface area is 242 Å². The number of hydrogen-bond acceptors (Lipinski definition) is 4. The van der Waals surface area contributed by atoms with Crippen molar-refractivity contribution in [1.82, 2.24) is 23.6 Å². The zero-order valence-electron chi connectivity index (χ0n) is 23.9. The fourth-order valence-electron chi connectivity index (χ4n) is 6.72. The van der Waals surface area contributed by atoms with E-state index >= 15 is 0 Å². The molecular formula is C32H35F3N6O. The summed E-state index contributed by atoms with van der Waals surface area (Å²) < 4.78 is 47.0. The highest BCUT2D eigenvalue weighted by molar-refractivity contribution is 5.58. The van der Waals surface area contributed by atoms with Crippen molar-refractivity contribution in [2.24, 2.45) is 11.8 Å². The lowest BCUT2D eigenvalue weighted by molar-refractivity contribution is -0.136. The second-order valence-corrected chi connectivity index (χ2v) is 12.1. The number of fused-ring (bicyclic) bond motifs is 1. The quantitative estimate of drug-likeness (QED) is 0.259. The Hall–Kier alpha value is -3.84. The minimum Gasteiger partial charge on any atom is -0.299 e. The third kappa shape index (κ3) is 5.38. The fraction of sp³-hybridized carbons (Fsp3) is 0.469. The van der Waals surface area contributed by atoms with Crippen LogP contribution in [-0.2, 0) is 19.3 Å². The van der Waals surface area contributed by atoms with Gasteiger partial charge in [0.1, 0.15) is 6.54 Å². The van der Waals surface area contributed by atoms with E-state index in [2.05, 4.69) is 17.9 Å². The van der Waals surface area contributed by atoms with Crippen LogP contribution in [-0.4, -0.2) is 36.7 Å². The lowest BCUT2D eigenvalue weighted by Crippen LogP contribution is -2.34. The number of aromatic nitrogens is 4. The summed E-state index contributed by atoms with van der Waals surface area (Å²) in [5, 5.41) is 13.9. The summed E-state index contributed by atoms with van der Waals surface area (Å²) in [7, 11) is 0. The van der Waals surface area contributed by atoms with Crippen molar-refractivity contribution in [3.63, 3.8) is 0 Å². The smallest absolute Gasteiger partial charge is 0.299 e. The maximum absolute atomic E-state index is 14.3. The minimum atomic E-state index is -4.61. The van der Waals surface area contributed by atoms with Gasteiger partial charge in [-0.2, -0.15) is 23.5 Å². The second kappa shape index (κ2) is 11.1. The third-order valence-electron chi connectivity index (χ3n) is 8.92. The van der Waals surface area contributed by atoms with Crippen LogP contribution in [0.5, 0.6) is 0 Å². The number of alkyl halides is 3. The number of piperidine rings is 1. The largest absolute Gasteiger partial charge is 0.418 e. The van der Waals surface area contributed by atoms with Gasteiger partial charge in [0.05, 0.1) is 28.5 Å². The Bertz CT molecular complexity index is 1700. The predicted octanol–water partition coefficient (Wildman–Crippen LogP) is 6.30. The highest BCUT2D eigenvalue weighted by atomic mass is 19.4. The first-order chi connectivity index (χ1) is 20.1. The molecule has 1 aliphatic heterocycles. The van der Waals surface area contributed by atoms with Crippen molar-refractivity contribution >= 4 is 5.52 Å². The number of nitriles is 1.